The lowest BCUT2D eigenvalue weighted by atomic mass is 9.91. The van der Waals surface area contributed by atoms with Gasteiger partial charge in [0.25, 0.3) is 0 Å². The molecule has 1 fully saturated rings. The third-order valence-corrected chi connectivity index (χ3v) is 8.75. The van der Waals surface area contributed by atoms with E-state index < -0.39 is 18.1 Å². The van der Waals surface area contributed by atoms with Crippen molar-refractivity contribution >= 4 is 48.0 Å². The topological polar surface area (TPSA) is 172 Å². The number of hydrogen-bond acceptors (Lipinski definition) is 12. The first kappa shape index (κ1) is 42.3. The number of aliphatic hydroxyl groups is 1. The summed E-state index contributed by atoms with van der Waals surface area (Å²) in [7, 11) is 0. The van der Waals surface area contributed by atoms with Crippen LogP contribution in [0, 0.1) is 19.8 Å². The first-order valence-corrected chi connectivity index (χ1v) is 16.9. The zero-order valence-corrected chi connectivity index (χ0v) is 30.9. The molecule has 2 amide bonds. The van der Waals surface area contributed by atoms with E-state index >= 15 is 0 Å². The van der Waals surface area contributed by atoms with Gasteiger partial charge < -0.3 is 44.5 Å². The fourth-order valence-corrected chi connectivity index (χ4v) is 6.24. The Labute approximate surface area is 304 Å². The van der Waals surface area contributed by atoms with Gasteiger partial charge in [0.2, 0.25) is 11.8 Å². The Morgan fingerprint density at radius 1 is 1.06 bits per heavy atom. The molecule has 0 radical (unpaired) electrons. The lowest BCUT2D eigenvalue weighted by molar-refractivity contribution is -0.141. The van der Waals surface area contributed by atoms with Gasteiger partial charge in [0.1, 0.15) is 30.1 Å². The van der Waals surface area contributed by atoms with Crippen LogP contribution in [0.25, 0.3) is 10.4 Å². The number of carbonyl (C=O) groups excluding carboxylic acids is 2. The maximum Gasteiger partial charge on any atom is 0.243 e. The van der Waals surface area contributed by atoms with Crippen molar-refractivity contribution < 1.29 is 38.2 Å². The molecule has 3 aromatic rings. The minimum Gasteiger partial charge on any atom is -0.491 e. The number of halogens is 2. The number of thiazole rings is 1. The molecular formula is C33H49Cl2N5O8S. The largest absolute Gasteiger partial charge is 0.491 e. The second-order valence-corrected chi connectivity index (χ2v) is 12.6. The van der Waals surface area contributed by atoms with E-state index in [0.29, 0.717) is 70.0 Å². The Hall–Kier alpha value is -2.82. The highest BCUT2D eigenvalue weighted by atomic mass is 35.5. The van der Waals surface area contributed by atoms with Gasteiger partial charge in [-0.25, -0.2) is 4.98 Å². The van der Waals surface area contributed by atoms with Crippen molar-refractivity contribution in [3.8, 4) is 16.2 Å². The molecule has 4 rings (SSSR count). The number of rotatable bonds is 19. The first-order valence-electron chi connectivity index (χ1n) is 16.0. The summed E-state index contributed by atoms with van der Waals surface area (Å²) >= 11 is 1.54. The quantitative estimate of drug-likeness (QED) is 0.153. The highest BCUT2D eigenvalue weighted by Gasteiger charge is 2.43. The van der Waals surface area contributed by atoms with E-state index in [1.807, 2.05) is 39.0 Å². The molecule has 0 spiro atoms. The average Bonchev–Trinajstić information content (AvgIpc) is 3.78. The predicted molar refractivity (Wildman–Crippen MR) is 191 cm³/mol. The van der Waals surface area contributed by atoms with Crippen LogP contribution in [0.4, 0.5) is 0 Å². The van der Waals surface area contributed by atoms with Crippen LogP contribution in [0.2, 0.25) is 0 Å². The number of nitrogens with two attached hydrogens (primary N) is 1. The first-order chi connectivity index (χ1) is 22.7. The highest BCUT2D eigenvalue weighted by Crippen LogP contribution is 2.33. The fraction of sp³-hybridized carbons (Fsp3) is 0.576. The summed E-state index contributed by atoms with van der Waals surface area (Å²) in [5, 5.41) is 17.4. The number of likely N-dealkylation sites (tertiary alicyclic amines) is 1. The van der Waals surface area contributed by atoms with E-state index in [9.17, 15) is 14.7 Å². The molecule has 1 aromatic carbocycles. The summed E-state index contributed by atoms with van der Waals surface area (Å²) in [6.07, 6.45) is -0.665. The summed E-state index contributed by atoms with van der Waals surface area (Å²) in [4.78, 5) is 34.1. The van der Waals surface area contributed by atoms with E-state index in [-0.39, 0.29) is 62.1 Å². The average molecular weight is 747 g/mol. The number of hydrogen-bond donors (Lipinski definition) is 3. The van der Waals surface area contributed by atoms with E-state index in [4.69, 9.17) is 29.2 Å². The zero-order chi connectivity index (χ0) is 33.8. The number of β-amino-alcohol motifs (C(OH)–C–C–N with tert-alkyl or cyclic N) is 1. The van der Waals surface area contributed by atoms with Crippen LogP contribution in [0.15, 0.2) is 34.3 Å². The number of aliphatic hydroxyl groups excluding tert-OH is 1. The van der Waals surface area contributed by atoms with Crippen molar-refractivity contribution in [2.75, 3.05) is 59.3 Å². The normalized spacial score (nSPS) is 16.3. The highest BCUT2D eigenvalue weighted by molar-refractivity contribution is 7.13. The summed E-state index contributed by atoms with van der Waals surface area (Å²) in [6.45, 7) is 11.3. The van der Waals surface area contributed by atoms with Gasteiger partial charge in [0.05, 0.1) is 67.5 Å². The number of nitrogens with zero attached hydrogens (tertiary/aromatic N) is 3. The van der Waals surface area contributed by atoms with Crippen LogP contribution in [-0.2, 0) is 30.3 Å². The molecule has 0 aliphatic carbocycles. The minimum absolute atomic E-state index is 0. The molecule has 0 saturated carbocycles. The van der Waals surface area contributed by atoms with Crippen LogP contribution in [0.5, 0.6) is 5.75 Å². The molecule has 1 aliphatic heterocycles. The van der Waals surface area contributed by atoms with Gasteiger partial charge in [-0.2, -0.15) is 0 Å². The standard InChI is InChI=1S/C33H47N5O8S.2ClH/c1-21(2)30(29-15-22(3)37-46-29)33(41)38-19-26(39)17-27(38)32(40)35-18-25-6-5-24(31-23(4)36-20-47-31)16-28(25)45-14-13-44-12-11-43-10-9-42-8-7-34;;/h5-6,15-16,20-21,26-27,30,39H,7-14,17-19,34H2,1-4H3,(H,35,40);2*1H/t26-,27+,30?;;/m1../s1. The van der Waals surface area contributed by atoms with Gasteiger partial charge in [-0.15, -0.1) is 36.2 Å². The van der Waals surface area contributed by atoms with Crippen molar-refractivity contribution in [3.63, 3.8) is 0 Å². The van der Waals surface area contributed by atoms with Crippen LogP contribution in [0.3, 0.4) is 0 Å². The van der Waals surface area contributed by atoms with Gasteiger partial charge in [-0.3, -0.25) is 9.59 Å². The zero-order valence-electron chi connectivity index (χ0n) is 28.4. The number of aryl methyl sites for hydroxylation is 2. The lowest BCUT2D eigenvalue weighted by Gasteiger charge is -2.28. The Balaban J connectivity index is 0.00000417. The van der Waals surface area contributed by atoms with Gasteiger partial charge in [-0.05, 0) is 31.4 Å². The van der Waals surface area contributed by atoms with Gasteiger partial charge >= 0.3 is 0 Å². The van der Waals surface area contributed by atoms with Gasteiger partial charge in [0.15, 0.2) is 0 Å². The SMILES string of the molecule is Cc1cc(C(C(=O)N2C[C@H](O)C[C@H]2C(=O)NCc2ccc(-c3scnc3C)cc2OCCOCCOCCOCCN)C(C)C)on1.Cl.Cl. The fourth-order valence-electron chi connectivity index (χ4n) is 5.44. The van der Waals surface area contributed by atoms with Crippen LogP contribution in [-0.4, -0.2) is 103 Å². The third kappa shape index (κ3) is 12.2. The van der Waals surface area contributed by atoms with Gasteiger partial charge in [-0.1, -0.05) is 31.1 Å². The van der Waals surface area contributed by atoms with E-state index in [0.717, 1.165) is 21.7 Å². The van der Waals surface area contributed by atoms with Crippen LogP contribution < -0.4 is 15.8 Å². The van der Waals surface area contributed by atoms with Crippen molar-refractivity contribution in [1.82, 2.24) is 20.4 Å². The third-order valence-electron chi connectivity index (χ3n) is 7.77. The molecule has 274 valence electrons. The van der Waals surface area contributed by atoms with Crippen LogP contribution in [0.1, 0.15) is 48.9 Å². The Bertz CT molecular complexity index is 1440. The Morgan fingerprint density at radius 3 is 2.33 bits per heavy atom. The summed E-state index contributed by atoms with van der Waals surface area (Å²) in [6, 6.07) is 6.74. The van der Waals surface area contributed by atoms with Gasteiger partial charge in [0, 0.05) is 37.7 Å². The molecule has 0 bridgehead atoms. The molecule has 1 saturated heterocycles. The second kappa shape index (κ2) is 21.4. The molecule has 1 aliphatic rings. The van der Waals surface area contributed by atoms with E-state index in [2.05, 4.69) is 15.5 Å². The number of nitrogens with one attached hydrogen (secondary N) is 1. The number of amides is 2. The molecule has 3 heterocycles. The number of carbonyl (C=O) groups is 2. The van der Waals surface area contributed by atoms with Crippen LogP contribution >= 0.6 is 36.2 Å². The summed E-state index contributed by atoms with van der Waals surface area (Å²) in [5.74, 6) is -0.293. The lowest BCUT2D eigenvalue weighted by Crippen LogP contribution is -2.48. The number of ether oxygens (including phenoxy) is 4. The van der Waals surface area contributed by atoms with Crippen molar-refractivity contribution in [1.29, 1.82) is 0 Å². The predicted octanol–water partition coefficient (Wildman–Crippen LogP) is 3.66. The second-order valence-electron chi connectivity index (χ2n) is 11.8. The summed E-state index contributed by atoms with van der Waals surface area (Å²) in [5.41, 5.74) is 10.5. The maximum absolute atomic E-state index is 13.7. The molecule has 16 heteroatoms. The Kier molecular flexibility index (Phi) is 18.5. The minimum atomic E-state index is -0.825. The van der Waals surface area contributed by atoms with E-state index in [1.165, 1.54) is 4.90 Å². The molecule has 1 unspecified atom stereocenters. The maximum atomic E-state index is 13.7. The summed E-state index contributed by atoms with van der Waals surface area (Å²) < 4.78 is 28.0. The number of aromatic nitrogens is 2. The smallest absolute Gasteiger partial charge is 0.243 e. The van der Waals surface area contributed by atoms with Crippen molar-refractivity contribution in [2.24, 2.45) is 11.7 Å². The molecule has 49 heavy (non-hydrogen) atoms. The van der Waals surface area contributed by atoms with E-state index in [1.54, 1.807) is 29.8 Å². The van der Waals surface area contributed by atoms with Crippen molar-refractivity contribution in [2.45, 2.75) is 58.7 Å². The monoisotopic (exact) mass is 745 g/mol. The molecular weight excluding hydrogens is 697 g/mol. The number of benzene rings is 1. The molecule has 3 atom stereocenters. The Morgan fingerprint density at radius 2 is 1.73 bits per heavy atom. The molecule has 4 N–H and O–H groups in total. The van der Waals surface area contributed by atoms with Crippen molar-refractivity contribution in [3.05, 3.63) is 52.5 Å². The molecule has 2 aromatic heterocycles. The molecule has 13 nitrogen and oxygen atoms in total.